The molecule has 112 valence electrons. The third kappa shape index (κ3) is 6.45. The van der Waals surface area contributed by atoms with Crippen LogP contribution in [0.2, 0.25) is 0 Å². The molecule has 5 nitrogen and oxygen atoms in total. The molecule has 0 saturated heterocycles. The summed E-state index contributed by atoms with van der Waals surface area (Å²) in [5.41, 5.74) is -0.428. The fraction of sp³-hybridized carbons (Fsp3) is 0.857. The Kier molecular flexibility index (Phi) is 5.84. The summed E-state index contributed by atoms with van der Waals surface area (Å²) in [6.07, 6.45) is 0. The minimum absolute atomic E-state index is 0.101. The van der Waals surface area contributed by atoms with Crippen molar-refractivity contribution in [1.82, 2.24) is 10.6 Å². The summed E-state index contributed by atoms with van der Waals surface area (Å²) in [6, 6.07) is -1.34. The molecule has 0 saturated carbocycles. The van der Waals surface area contributed by atoms with Gasteiger partial charge in [0.25, 0.3) is 0 Å². The van der Waals surface area contributed by atoms with Crippen LogP contribution in [0.1, 0.15) is 48.5 Å². The third-order valence-electron chi connectivity index (χ3n) is 3.44. The maximum absolute atomic E-state index is 11.8. The van der Waals surface area contributed by atoms with Crippen molar-refractivity contribution in [1.29, 1.82) is 0 Å². The van der Waals surface area contributed by atoms with E-state index in [1.807, 2.05) is 0 Å². The van der Waals surface area contributed by atoms with Crippen molar-refractivity contribution in [3.05, 3.63) is 0 Å². The van der Waals surface area contributed by atoms with Crippen molar-refractivity contribution in [2.45, 2.75) is 54.5 Å². The summed E-state index contributed by atoms with van der Waals surface area (Å²) in [7, 11) is 0. The standard InChI is InChI=1S/C14H28N2O3/c1-9(13(2,3)4)8-15-12(19)16-10(11(17)18)14(5,6)7/h9-10H,8H2,1-7H3,(H,17,18)(H2,15,16,19)/t9?,10-/m1/s1. The van der Waals surface area contributed by atoms with Crippen LogP contribution in [0, 0.1) is 16.7 Å². The average molecular weight is 272 g/mol. The van der Waals surface area contributed by atoms with Crippen LogP contribution in [0.15, 0.2) is 0 Å². The van der Waals surface area contributed by atoms with Crippen molar-refractivity contribution in [3.63, 3.8) is 0 Å². The molecule has 0 fully saturated rings. The van der Waals surface area contributed by atoms with Gasteiger partial charge in [0, 0.05) is 6.54 Å². The monoisotopic (exact) mass is 272 g/mol. The van der Waals surface area contributed by atoms with Crippen LogP contribution in [0.5, 0.6) is 0 Å². The van der Waals surface area contributed by atoms with Crippen LogP contribution in [-0.2, 0) is 4.79 Å². The molecule has 1 unspecified atom stereocenters. The Labute approximate surface area is 116 Å². The second-order valence-electron chi connectivity index (χ2n) is 7.26. The number of aliphatic carboxylic acids is 1. The first kappa shape index (κ1) is 17.7. The number of carbonyl (C=O) groups excluding carboxylic acids is 1. The molecule has 5 heteroatoms. The molecular formula is C14H28N2O3. The minimum Gasteiger partial charge on any atom is -0.480 e. The Morgan fingerprint density at radius 2 is 1.53 bits per heavy atom. The van der Waals surface area contributed by atoms with Crippen LogP contribution in [0.4, 0.5) is 4.79 Å². The van der Waals surface area contributed by atoms with Crippen LogP contribution in [-0.4, -0.2) is 29.7 Å². The van der Waals surface area contributed by atoms with Gasteiger partial charge < -0.3 is 15.7 Å². The maximum Gasteiger partial charge on any atom is 0.326 e. The fourth-order valence-corrected chi connectivity index (χ4v) is 1.38. The first-order chi connectivity index (χ1) is 8.35. The number of hydrogen-bond donors (Lipinski definition) is 3. The Balaban J connectivity index is 4.42. The minimum atomic E-state index is -1.02. The first-order valence-electron chi connectivity index (χ1n) is 6.63. The SMILES string of the molecule is CC(CNC(=O)N[C@H](C(=O)O)C(C)(C)C)C(C)(C)C. The van der Waals surface area contributed by atoms with E-state index in [1.165, 1.54) is 0 Å². The van der Waals surface area contributed by atoms with Crippen LogP contribution in [0.3, 0.4) is 0 Å². The van der Waals surface area contributed by atoms with Crippen molar-refractivity contribution in [2.24, 2.45) is 16.7 Å². The number of hydrogen-bond acceptors (Lipinski definition) is 2. The van der Waals surface area contributed by atoms with E-state index in [9.17, 15) is 9.59 Å². The Morgan fingerprint density at radius 3 is 1.84 bits per heavy atom. The van der Waals surface area contributed by atoms with Crippen LogP contribution in [0.25, 0.3) is 0 Å². The molecule has 0 aliphatic rings. The van der Waals surface area contributed by atoms with Gasteiger partial charge in [-0.2, -0.15) is 0 Å². The van der Waals surface area contributed by atoms with Crippen LogP contribution >= 0.6 is 0 Å². The topological polar surface area (TPSA) is 78.4 Å². The maximum atomic E-state index is 11.8. The first-order valence-corrected chi connectivity index (χ1v) is 6.63. The number of nitrogens with one attached hydrogen (secondary N) is 2. The highest BCUT2D eigenvalue weighted by Gasteiger charge is 2.32. The molecule has 2 amide bonds. The van der Waals surface area contributed by atoms with Gasteiger partial charge in [-0.05, 0) is 16.7 Å². The largest absolute Gasteiger partial charge is 0.480 e. The molecular weight excluding hydrogens is 244 g/mol. The van der Waals surface area contributed by atoms with E-state index in [0.29, 0.717) is 12.5 Å². The lowest BCUT2D eigenvalue weighted by Crippen LogP contribution is -2.53. The lowest BCUT2D eigenvalue weighted by atomic mass is 9.82. The molecule has 0 radical (unpaired) electrons. The summed E-state index contributed by atoms with van der Waals surface area (Å²) < 4.78 is 0. The summed E-state index contributed by atoms with van der Waals surface area (Å²) in [5, 5.41) is 14.4. The predicted molar refractivity (Wildman–Crippen MR) is 76.0 cm³/mol. The third-order valence-corrected chi connectivity index (χ3v) is 3.44. The molecule has 0 aromatic rings. The van der Waals surface area contributed by atoms with Gasteiger partial charge in [0.1, 0.15) is 6.04 Å². The van der Waals surface area contributed by atoms with Gasteiger partial charge in [-0.25, -0.2) is 9.59 Å². The highest BCUT2D eigenvalue weighted by Crippen LogP contribution is 2.24. The zero-order valence-corrected chi connectivity index (χ0v) is 13.1. The summed E-state index contributed by atoms with van der Waals surface area (Å²) in [4.78, 5) is 22.9. The van der Waals surface area contributed by atoms with Crippen molar-refractivity contribution < 1.29 is 14.7 Å². The van der Waals surface area contributed by atoms with E-state index in [4.69, 9.17) is 5.11 Å². The zero-order valence-electron chi connectivity index (χ0n) is 13.1. The molecule has 2 atom stereocenters. The molecule has 0 aromatic heterocycles. The summed E-state index contributed by atoms with van der Waals surface area (Å²) in [5.74, 6) is -0.720. The molecule has 0 heterocycles. The number of amides is 2. The van der Waals surface area contributed by atoms with Crippen molar-refractivity contribution >= 4 is 12.0 Å². The van der Waals surface area contributed by atoms with Gasteiger partial charge in [-0.3, -0.25) is 0 Å². The van der Waals surface area contributed by atoms with Crippen molar-refractivity contribution in [3.8, 4) is 0 Å². The highest BCUT2D eigenvalue weighted by atomic mass is 16.4. The molecule has 0 aromatic carbocycles. The highest BCUT2D eigenvalue weighted by molar-refractivity contribution is 5.83. The predicted octanol–water partition coefficient (Wildman–Crippen LogP) is 2.47. The second-order valence-corrected chi connectivity index (χ2v) is 7.26. The van der Waals surface area contributed by atoms with Crippen LogP contribution < -0.4 is 10.6 Å². The number of urea groups is 1. The van der Waals surface area contributed by atoms with Gasteiger partial charge in [0.05, 0.1) is 0 Å². The van der Waals surface area contributed by atoms with Gasteiger partial charge in [0.2, 0.25) is 0 Å². The van der Waals surface area contributed by atoms with E-state index in [1.54, 1.807) is 20.8 Å². The number of carboxylic acids is 1. The Morgan fingerprint density at radius 1 is 1.05 bits per heavy atom. The molecule has 0 bridgehead atoms. The van der Waals surface area contributed by atoms with Crippen molar-refractivity contribution in [2.75, 3.05) is 6.54 Å². The lowest BCUT2D eigenvalue weighted by Gasteiger charge is -2.30. The second kappa shape index (κ2) is 6.26. The molecule has 0 spiro atoms. The van der Waals surface area contributed by atoms with Gasteiger partial charge in [-0.15, -0.1) is 0 Å². The van der Waals surface area contributed by atoms with E-state index in [0.717, 1.165) is 0 Å². The quantitative estimate of drug-likeness (QED) is 0.735. The van der Waals surface area contributed by atoms with E-state index in [2.05, 4.69) is 38.3 Å². The smallest absolute Gasteiger partial charge is 0.326 e. The molecule has 0 aliphatic heterocycles. The van der Waals surface area contributed by atoms with Gasteiger partial charge in [0.15, 0.2) is 0 Å². The molecule has 0 aliphatic carbocycles. The van der Waals surface area contributed by atoms with E-state index < -0.39 is 23.5 Å². The number of carboxylic acid groups (broad SMARTS) is 1. The van der Waals surface area contributed by atoms with Gasteiger partial charge >= 0.3 is 12.0 Å². The molecule has 3 N–H and O–H groups in total. The average Bonchev–Trinajstić information content (AvgIpc) is 2.18. The summed E-state index contributed by atoms with van der Waals surface area (Å²) >= 11 is 0. The number of rotatable bonds is 4. The lowest BCUT2D eigenvalue weighted by molar-refractivity contribution is -0.141. The molecule has 19 heavy (non-hydrogen) atoms. The van der Waals surface area contributed by atoms with E-state index in [-0.39, 0.29) is 5.41 Å². The molecule has 0 rings (SSSR count). The number of carbonyl (C=O) groups is 2. The zero-order chi connectivity index (χ0) is 15.4. The normalized spacial score (nSPS) is 15.5. The Hall–Kier alpha value is -1.26. The fourth-order valence-electron chi connectivity index (χ4n) is 1.38. The summed E-state index contributed by atoms with van der Waals surface area (Å²) in [6.45, 7) is 14.2. The van der Waals surface area contributed by atoms with Gasteiger partial charge in [-0.1, -0.05) is 48.5 Å². The van der Waals surface area contributed by atoms with E-state index >= 15 is 0 Å². The Bertz CT molecular complexity index is 327.